The number of nitrogens with two attached hydrogens (primary N) is 1. The first-order chi connectivity index (χ1) is 8.45. The van der Waals surface area contributed by atoms with Gasteiger partial charge in [0.1, 0.15) is 11.8 Å². The fourth-order valence-electron chi connectivity index (χ4n) is 1.45. The Morgan fingerprint density at radius 3 is 2.67 bits per heavy atom. The Bertz CT molecular complexity index is 466. The minimum atomic E-state index is -1.34. The summed E-state index contributed by atoms with van der Waals surface area (Å²) in [7, 11) is 0. The molecule has 7 heteroatoms. The van der Waals surface area contributed by atoms with Gasteiger partial charge in [0.25, 0.3) is 5.91 Å². The molecule has 0 fully saturated rings. The van der Waals surface area contributed by atoms with Crippen LogP contribution < -0.4 is 11.1 Å². The van der Waals surface area contributed by atoms with Crippen molar-refractivity contribution in [2.45, 2.75) is 25.8 Å². The summed E-state index contributed by atoms with van der Waals surface area (Å²) in [5.74, 6) is -2.26. The molecule has 1 heterocycles. The van der Waals surface area contributed by atoms with E-state index < -0.39 is 30.2 Å². The number of nitrogens with one attached hydrogen (secondary N) is 1. The fourth-order valence-corrected chi connectivity index (χ4v) is 1.45. The molecule has 1 aromatic rings. The van der Waals surface area contributed by atoms with Crippen molar-refractivity contribution in [1.82, 2.24) is 5.32 Å². The minimum absolute atomic E-state index is 0.258. The number of aryl methyl sites for hydroxylation is 1. The Labute approximate surface area is 103 Å². The second-order valence-corrected chi connectivity index (χ2v) is 3.65. The number of hydrogen-bond donors (Lipinski definition) is 3. The average Bonchev–Trinajstić information content (AvgIpc) is 2.75. The van der Waals surface area contributed by atoms with Crippen LogP contribution in [0.15, 0.2) is 16.7 Å². The third-order valence-electron chi connectivity index (χ3n) is 2.32. The molecule has 1 rings (SSSR count). The summed E-state index contributed by atoms with van der Waals surface area (Å²) in [5.41, 5.74) is 5.17. The maximum atomic E-state index is 11.8. The zero-order valence-corrected chi connectivity index (χ0v) is 9.80. The lowest BCUT2D eigenvalue weighted by molar-refractivity contribution is -0.140. The van der Waals surface area contributed by atoms with Crippen LogP contribution in [0.1, 0.15) is 29.5 Å². The van der Waals surface area contributed by atoms with Crippen LogP contribution in [0.3, 0.4) is 0 Å². The van der Waals surface area contributed by atoms with Crippen LogP contribution in [0.4, 0.5) is 0 Å². The number of primary amides is 1. The quantitative estimate of drug-likeness (QED) is 0.654. The Balaban J connectivity index is 2.78. The number of hydrogen-bond acceptors (Lipinski definition) is 4. The number of carbonyl (C=O) groups is 3. The molecule has 1 atom stereocenters. The second kappa shape index (κ2) is 5.85. The summed E-state index contributed by atoms with van der Waals surface area (Å²) in [5, 5.41) is 11.1. The van der Waals surface area contributed by atoms with Crippen molar-refractivity contribution in [2.75, 3.05) is 0 Å². The highest BCUT2D eigenvalue weighted by atomic mass is 16.4. The monoisotopic (exact) mass is 254 g/mol. The molecule has 0 aliphatic rings. The van der Waals surface area contributed by atoms with Gasteiger partial charge in [0.05, 0.1) is 18.2 Å². The molecule has 0 aliphatic heterocycles. The smallest absolute Gasteiger partial charge is 0.326 e. The van der Waals surface area contributed by atoms with Crippen molar-refractivity contribution in [3.05, 3.63) is 23.7 Å². The van der Waals surface area contributed by atoms with Gasteiger partial charge < -0.3 is 20.6 Å². The van der Waals surface area contributed by atoms with Crippen molar-refractivity contribution >= 4 is 17.8 Å². The number of rotatable bonds is 6. The van der Waals surface area contributed by atoms with Crippen molar-refractivity contribution in [1.29, 1.82) is 0 Å². The van der Waals surface area contributed by atoms with Gasteiger partial charge in [0.2, 0.25) is 5.91 Å². The average molecular weight is 254 g/mol. The topological polar surface area (TPSA) is 123 Å². The number of aliphatic carboxylic acids is 1. The van der Waals surface area contributed by atoms with E-state index in [0.29, 0.717) is 12.2 Å². The lowest BCUT2D eigenvalue weighted by atomic mass is 10.1. The van der Waals surface area contributed by atoms with Crippen LogP contribution in [0, 0.1) is 0 Å². The molecule has 4 N–H and O–H groups in total. The van der Waals surface area contributed by atoms with Crippen molar-refractivity contribution in [2.24, 2.45) is 5.73 Å². The van der Waals surface area contributed by atoms with E-state index in [0.717, 1.165) is 0 Å². The Hall–Kier alpha value is -2.31. The van der Waals surface area contributed by atoms with E-state index in [1.807, 2.05) is 0 Å². The molecule has 7 nitrogen and oxygen atoms in total. The maximum absolute atomic E-state index is 11.8. The number of carbonyl (C=O) groups excluding carboxylic acids is 2. The largest absolute Gasteiger partial charge is 0.480 e. The maximum Gasteiger partial charge on any atom is 0.326 e. The number of carboxylic acid groups (broad SMARTS) is 1. The van der Waals surface area contributed by atoms with Gasteiger partial charge in [-0.25, -0.2) is 4.79 Å². The van der Waals surface area contributed by atoms with E-state index in [9.17, 15) is 14.4 Å². The van der Waals surface area contributed by atoms with Crippen LogP contribution in [0.25, 0.3) is 0 Å². The molecule has 1 aromatic heterocycles. The zero-order chi connectivity index (χ0) is 13.7. The van der Waals surface area contributed by atoms with Crippen LogP contribution in [0.2, 0.25) is 0 Å². The van der Waals surface area contributed by atoms with Gasteiger partial charge >= 0.3 is 5.97 Å². The Morgan fingerprint density at radius 2 is 2.17 bits per heavy atom. The van der Waals surface area contributed by atoms with E-state index in [4.69, 9.17) is 15.3 Å². The molecule has 18 heavy (non-hydrogen) atoms. The molecule has 0 aliphatic carbocycles. The minimum Gasteiger partial charge on any atom is -0.480 e. The highest BCUT2D eigenvalue weighted by Gasteiger charge is 2.24. The van der Waals surface area contributed by atoms with Gasteiger partial charge in [0, 0.05) is 6.42 Å². The van der Waals surface area contributed by atoms with Gasteiger partial charge in [-0.15, -0.1) is 0 Å². The summed E-state index contributed by atoms with van der Waals surface area (Å²) < 4.78 is 5.06. The van der Waals surface area contributed by atoms with Crippen LogP contribution in [-0.4, -0.2) is 28.9 Å². The number of carboxylic acids is 1. The van der Waals surface area contributed by atoms with Crippen LogP contribution in [-0.2, 0) is 16.0 Å². The first-order valence-corrected chi connectivity index (χ1v) is 5.34. The van der Waals surface area contributed by atoms with Crippen LogP contribution >= 0.6 is 0 Å². The second-order valence-electron chi connectivity index (χ2n) is 3.65. The summed E-state index contributed by atoms with van der Waals surface area (Å²) >= 11 is 0. The van der Waals surface area contributed by atoms with Crippen molar-refractivity contribution in [3.63, 3.8) is 0 Å². The predicted octanol–water partition coefficient (Wildman–Crippen LogP) is -0.0996. The number of furan rings is 1. The predicted molar refractivity (Wildman–Crippen MR) is 60.8 cm³/mol. The van der Waals surface area contributed by atoms with E-state index in [2.05, 4.69) is 5.32 Å². The van der Waals surface area contributed by atoms with Gasteiger partial charge in [0.15, 0.2) is 0 Å². The Kier molecular flexibility index (Phi) is 4.47. The third-order valence-corrected chi connectivity index (χ3v) is 2.32. The first-order valence-electron chi connectivity index (χ1n) is 5.34. The van der Waals surface area contributed by atoms with E-state index in [1.165, 1.54) is 12.3 Å². The van der Waals surface area contributed by atoms with Gasteiger partial charge in [-0.05, 0) is 6.07 Å². The molecule has 0 spiro atoms. The summed E-state index contributed by atoms with van der Waals surface area (Å²) in [6, 6.07) is 0.103. The summed E-state index contributed by atoms with van der Waals surface area (Å²) in [6.07, 6.45) is 1.39. The zero-order valence-electron chi connectivity index (χ0n) is 9.80. The molecule has 1 unspecified atom stereocenters. The van der Waals surface area contributed by atoms with Crippen molar-refractivity contribution in [3.8, 4) is 0 Å². The number of amides is 2. The highest BCUT2D eigenvalue weighted by Crippen LogP contribution is 2.11. The highest BCUT2D eigenvalue weighted by molar-refractivity contribution is 5.98. The normalized spacial score (nSPS) is 11.8. The fraction of sp³-hybridized carbons (Fsp3) is 0.364. The Morgan fingerprint density at radius 1 is 1.50 bits per heavy atom. The third kappa shape index (κ3) is 3.34. The molecule has 0 radical (unpaired) electrons. The summed E-state index contributed by atoms with van der Waals surface area (Å²) in [4.78, 5) is 33.3. The molecule has 0 saturated heterocycles. The standard InChI is InChI=1S/C11H14N2O5/c1-2-8-6(3-4-18-8)10(15)13-7(11(16)17)5-9(12)14/h3-4,7H,2,5H2,1H3,(H2,12,14)(H,13,15)(H,16,17). The molecule has 98 valence electrons. The molecular formula is C11H14N2O5. The molecule has 2 amide bonds. The molecule has 0 saturated carbocycles. The molecule has 0 bridgehead atoms. The molecule has 0 aromatic carbocycles. The van der Waals surface area contributed by atoms with E-state index in [1.54, 1.807) is 6.92 Å². The van der Waals surface area contributed by atoms with E-state index in [-0.39, 0.29) is 5.56 Å². The lowest BCUT2D eigenvalue weighted by Gasteiger charge is -2.12. The SMILES string of the molecule is CCc1occc1C(=O)NC(CC(N)=O)C(=O)O. The van der Waals surface area contributed by atoms with Gasteiger partial charge in [-0.1, -0.05) is 6.92 Å². The van der Waals surface area contributed by atoms with Gasteiger partial charge in [-0.3, -0.25) is 9.59 Å². The lowest BCUT2D eigenvalue weighted by Crippen LogP contribution is -2.43. The first kappa shape index (κ1) is 13.8. The van der Waals surface area contributed by atoms with Gasteiger partial charge in [-0.2, -0.15) is 0 Å². The van der Waals surface area contributed by atoms with Crippen LogP contribution in [0.5, 0.6) is 0 Å². The molecular weight excluding hydrogens is 240 g/mol. The van der Waals surface area contributed by atoms with Crippen molar-refractivity contribution < 1.29 is 23.9 Å². The van der Waals surface area contributed by atoms with E-state index >= 15 is 0 Å². The summed E-state index contributed by atoms with van der Waals surface area (Å²) in [6.45, 7) is 1.80.